The lowest BCUT2D eigenvalue weighted by atomic mass is 10.3. The van der Waals surface area contributed by atoms with Gasteiger partial charge in [0, 0.05) is 12.3 Å². The molecule has 6 nitrogen and oxygen atoms in total. The van der Waals surface area contributed by atoms with Gasteiger partial charge in [-0.2, -0.15) is 0 Å². The van der Waals surface area contributed by atoms with Gasteiger partial charge in [-0.1, -0.05) is 0 Å². The summed E-state index contributed by atoms with van der Waals surface area (Å²) in [5.74, 6) is -1.41. The Morgan fingerprint density at radius 2 is 2.15 bits per heavy atom. The predicted octanol–water partition coefficient (Wildman–Crippen LogP) is -0.196. The highest BCUT2D eigenvalue weighted by Crippen LogP contribution is 2.07. The number of nitrogens with one attached hydrogen (secondary N) is 3. The van der Waals surface area contributed by atoms with Crippen LogP contribution in [-0.2, 0) is 11.3 Å². The van der Waals surface area contributed by atoms with E-state index in [0.29, 0.717) is 13.1 Å². The molecule has 1 aliphatic heterocycles. The van der Waals surface area contributed by atoms with Crippen LogP contribution in [0, 0.1) is 5.82 Å². The van der Waals surface area contributed by atoms with E-state index in [1.807, 2.05) is 0 Å². The maximum absolute atomic E-state index is 13.4. The zero-order valence-electron chi connectivity index (χ0n) is 10.8. The Morgan fingerprint density at radius 1 is 1.45 bits per heavy atom. The first-order valence-corrected chi connectivity index (χ1v) is 6.35. The van der Waals surface area contributed by atoms with Crippen LogP contribution in [0.5, 0.6) is 0 Å². The first kappa shape index (κ1) is 14.6. The lowest BCUT2D eigenvalue weighted by Crippen LogP contribution is -2.55. The van der Waals surface area contributed by atoms with E-state index in [2.05, 4.69) is 16.0 Å². The average Bonchev–Trinajstić information content (AvgIpc) is 2.45. The van der Waals surface area contributed by atoms with Crippen molar-refractivity contribution in [2.24, 2.45) is 0 Å². The minimum Gasteiger partial charge on any atom is -0.322 e. The fraction of sp³-hybridized carbons (Fsp3) is 0.500. The van der Waals surface area contributed by atoms with Crippen molar-refractivity contribution in [3.63, 3.8) is 0 Å². The van der Waals surface area contributed by atoms with Gasteiger partial charge in [-0.3, -0.25) is 20.2 Å². The van der Waals surface area contributed by atoms with Crippen molar-refractivity contribution >= 4 is 11.6 Å². The Morgan fingerprint density at radius 3 is 2.80 bits per heavy atom. The fourth-order valence-electron chi connectivity index (χ4n) is 1.98. The van der Waals surface area contributed by atoms with Crippen molar-refractivity contribution in [3.05, 3.63) is 28.4 Å². The van der Waals surface area contributed by atoms with E-state index in [-0.39, 0.29) is 18.1 Å². The van der Waals surface area contributed by atoms with Crippen LogP contribution in [0.3, 0.4) is 0 Å². The summed E-state index contributed by atoms with van der Waals surface area (Å²) < 4.78 is 26.6. The Balaban J connectivity index is 2.12. The van der Waals surface area contributed by atoms with Gasteiger partial charge in [0.25, 0.3) is 11.5 Å². The summed E-state index contributed by atoms with van der Waals surface area (Å²) in [7, 11) is 0. The van der Waals surface area contributed by atoms with E-state index in [1.165, 1.54) is 6.20 Å². The van der Waals surface area contributed by atoms with Crippen molar-refractivity contribution < 1.29 is 13.6 Å². The number of hydrogen-bond donors (Lipinski definition) is 3. The molecule has 0 spiro atoms. The topological polar surface area (TPSA) is 75.2 Å². The molecule has 0 atom stereocenters. The van der Waals surface area contributed by atoms with Crippen LogP contribution >= 0.6 is 0 Å². The highest BCUT2D eigenvalue weighted by molar-refractivity contribution is 5.94. The first-order chi connectivity index (χ1) is 9.61. The number of nitrogens with zero attached hydrogens (tertiary/aromatic N) is 1. The summed E-state index contributed by atoms with van der Waals surface area (Å²) in [5.41, 5.74) is -0.788. The van der Waals surface area contributed by atoms with E-state index in [4.69, 9.17) is 0 Å². The van der Waals surface area contributed by atoms with Gasteiger partial charge in [0.2, 0.25) is 0 Å². The molecule has 0 aromatic carbocycles. The molecule has 1 aliphatic rings. The zero-order chi connectivity index (χ0) is 14.5. The van der Waals surface area contributed by atoms with E-state index in [9.17, 15) is 18.4 Å². The normalized spacial score (nSPS) is 16.1. The molecule has 0 bridgehead atoms. The number of anilines is 1. The molecule has 0 unspecified atom stereocenters. The molecule has 110 valence electrons. The van der Waals surface area contributed by atoms with Crippen LogP contribution in [0.15, 0.2) is 17.1 Å². The molecule has 1 fully saturated rings. The lowest BCUT2D eigenvalue weighted by molar-refractivity contribution is -0.119. The number of aryl methyl sites for hydroxylation is 1. The van der Waals surface area contributed by atoms with Gasteiger partial charge in [0.1, 0.15) is 12.8 Å². The quantitative estimate of drug-likeness (QED) is 0.717. The number of alkyl halides is 1. The second-order valence-corrected chi connectivity index (χ2v) is 4.45. The number of aromatic nitrogens is 1. The van der Waals surface area contributed by atoms with Crippen LogP contribution in [0.25, 0.3) is 0 Å². The second kappa shape index (κ2) is 6.58. The van der Waals surface area contributed by atoms with Gasteiger partial charge in [0.05, 0.1) is 12.2 Å². The van der Waals surface area contributed by atoms with E-state index in [0.717, 1.165) is 17.1 Å². The summed E-state index contributed by atoms with van der Waals surface area (Å²) in [5, 5.41) is 8.41. The second-order valence-electron chi connectivity index (χ2n) is 4.45. The standard InChI is InChI=1S/C12H16F2N4O2/c13-2-5-18-7-8(6-9(14)12(18)20)17-11(19)10-15-3-1-4-16-10/h6-7,10,15-16H,1-5H2,(H,17,19). The predicted molar refractivity (Wildman–Crippen MR) is 69.7 cm³/mol. The largest absolute Gasteiger partial charge is 0.322 e. The average molecular weight is 286 g/mol. The maximum atomic E-state index is 13.4. The van der Waals surface area contributed by atoms with Crippen molar-refractivity contribution in [2.45, 2.75) is 19.1 Å². The van der Waals surface area contributed by atoms with E-state index >= 15 is 0 Å². The molecule has 0 aliphatic carbocycles. The number of pyridine rings is 1. The van der Waals surface area contributed by atoms with Gasteiger partial charge in [-0.15, -0.1) is 0 Å². The molecular weight excluding hydrogens is 270 g/mol. The molecule has 20 heavy (non-hydrogen) atoms. The minimum atomic E-state index is -1.03. The summed E-state index contributed by atoms with van der Waals surface area (Å²) in [6.07, 6.45) is 1.58. The zero-order valence-corrected chi connectivity index (χ0v) is 10.8. The van der Waals surface area contributed by atoms with Gasteiger partial charge in [-0.05, 0) is 19.5 Å². The van der Waals surface area contributed by atoms with Crippen LogP contribution in [0.2, 0.25) is 0 Å². The number of hydrogen-bond acceptors (Lipinski definition) is 4. The molecular formula is C12H16F2N4O2. The minimum absolute atomic E-state index is 0.120. The number of carbonyl (C=O) groups is 1. The Labute approximate surface area is 114 Å². The van der Waals surface area contributed by atoms with Crippen LogP contribution < -0.4 is 21.5 Å². The summed E-state index contributed by atoms with van der Waals surface area (Å²) in [6.45, 7) is 0.378. The molecule has 0 radical (unpaired) electrons. The third-order valence-corrected chi connectivity index (χ3v) is 2.95. The maximum Gasteiger partial charge on any atom is 0.286 e. The number of carbonyl (C=O) groups excluding carboxylic acids is 1. The molecule has 1 amide bonds. The molecule has 8 heteroatoms. The Hall–Kier alpha value is -1.80. The van der Waals surface area contributed by atoms with E-state index < -0.39 is 24.2 Å². The molecule has 1 saturated heterocycles. The summed E-state index contributed by atoms with van der Waals surface area (Å²) in [6, 6.07) is 0.928. The highest BCUT2D eigenvalue weighted by Gasteiger charge is 2.20. The highest BCUT2D eigenvalue weighted by atomic mass is 19.1. The van der Waals surface area contributed by atoms with E-state index in [1.54, 1.807) is 0 Å². The summed E-state index contributed by atoms with van der Waals surface area (Å²) >= 11 is 0. The number of rotatable bonds is 4. The van der Waals surface area contributed by atoms with Crippen molar-refractivity contribution in [1.29, 1.82) is 0 Å². The summed E-state index contributed by atoms with van der Waals surface area (Å²) in [4.78, 5) is 23.3. The number of halogens is 2. The molecule has 0 saturated carbocycles. The molecule has 1 aromatic heterocycles. The smallest absolute Gasteiger partial charge is 0.286 e. The van der Waals surface area contributed by atoms with Crippen molar-refractivity contribution in [2.75, 3.05) is 25.1 Å². The van der Waals surface area contributed by atoms with Gasteiger partial charge >= 0.3 is 0 Å². The SMILES string of the molecule is O=C(Nc1cc(F)c(=O)n(CCF)c1)C1NCCCN1. The van der Waals surface area contributed by atoms with Crippen molar-refractivity contribution in [1.82, 2.24) is 15.2 Å². The molecule has 2 rings (SSSR count). The monoisotopic (exact) mass is 286 g/mol. The third kappa shape index (κ3) is 3.40. The third-order valence-electron chi connectivity index (χ3n) is 2.95. The van der Waals surface area contributed by atoms with Crippen LogP contribution in [0.1, 0.15) is 6.42 Å². The Kier molecular flexibility index (Phi) is 4.80. The number of amides is 1. The van der Waals surface area contributed by atoms with Crippen LogP contribution in [-0.4, -0.2) is 36.4 Å². The van der Waals surface area contributed by atoms with Crippen molar-refractivity contribution in [3.8, 4) is 0 Å². The lowest BCUT2D eigenvalue weighted by Gasteiger charge is -2.24. The molecule has 3 N–H and O–H groups in total. The Bertz CT molecular complexity index is 541. The van der Waals surface area contributed by atoms with Gasteiger partial charge in [-0.25, -0.2) is 8.78 Å². The first-order valence-electron chi connectivity index (χ1n) is 6.35. The molecule has 2 heterocycles. The fourth-order valence-corrected chi connectivity index (χ4v) is 1.98. The van der Waals surface area contributed by atoms with Crippen LogP contribution in [0.4, 0.5) is 14.5 Å². The van der Waals surface area contributed by atoms with Gasteiger partial charge < -0.3 is 9.88 Å². The van der Waals surface area contributed by atoms with Gasteiger partial charge in [0.15, 0.2) is 5.82 Å². The molecule has 1 aromatic rings.